The Bertz CT molecular complexity index is 504. The molecule has 0 spiro atoms. The minimum absolute atomic E-state index is 0.0618. The van der Waals surface area contributed by atoms with Crippen LogP contribution >= 0.6 is 0 Å². The highest BCUT2D eigenvalue weighted by molar-refractivity contribution is 6.03. The number of Topliss-reactive ketones (excluding diaryl/α,β-unsaturated/α-hetero) is 1. The largest absolute Gasteiger partial charge is 0.455 e. The molecule has 5 nitrogen and oxygen atoms in total. The Balaban J connectivity index is 2.35. The van der Waals surface area contributed by atoms with Crippen molar-refractivity contribution in [1.29, 1.82) is 0 Å². The van der Waals surface area contributed by atoms with E-state index < -0.39 is 0 Å². The van der Waals surface area contributed by atoms with Crippen LogP contribution in [0.25, 0.3) is 0 Å². The van der Waals surface area contributed by atoms with Gasteiger partial charge in [-0.1, -0.05) is 0 Å². The van der Waals surface area contributed by atoms with Crippen LogP contribution in [0.2, 0.25) is 0 Å². The van der Waals surface area contributed by atoms with E-state index in [1.165, 1.54) is 4.90 Å². The monoisotopic (exact) mass is 265 g/mol. The number of likely N-dealkylation sites (N-methyl/N-ethyl adjacent to an activating group) is 1. The van der Waals surface area contributed by atoms with Crippen LogP contribution in [0.4, 0.5) is 0 Å². The number of nitrogens with zero attached hydrogens (tertiary/aromatic N) is 1. The second kappa shape index (κ2) is 5.57. The number of furan rings is 1. The highest BCUT2D eigenvalue weighted by Crippen LogP contribution is 2.29. The van der Waals surface area contributed by atoms with Gasteiger partial charge in [0.05, 0.1) is 12.2 Å². The Hall–Kier alpha value is -1.62. The number of aryl methyl sites for hydroxylation is 1. The van der Waals surface area contributed by atoms with Crippen LogP contribution in [0, 0.1) is 6.92 Å². The fraction of sp³-hybridized carbons (Fsp3) is 0.571. The molecule has 1 amide bonds. The van der Waals surface area contributed by atoms with E-state index >= 15 is 0 Å². The van der Waals surface area contributed by atoms with Crippen molar-refractivity contribution in [2.75, 3.05) is 19.7 Å². The molecule has 0 aliphatic heterocycles. The van der Waals surface area contributed by atoms with Gasteiger partial charge in [0.15, 0.2) is 11.5 Å². The molecule has 1 heterocycles. The molecule has 1 aromatic rings. The molecule has 19 heavy (non-hydrogen) atoms. The van der Waals surface area contributed by atoms with Gasteiger partial charge >= 0.3 is 0 Å². The van der Waals surface area contributed by atoms with Gasteiger partial charge in [-0.3, -0.25) is 9.59 Å². The molecule has 0 unspecified atom stereocenters. The summed E-state index contributed by atoms with van der Waals surface area (Å²) in [5, 5.41) is 8.96. The fourth-order valence-electron chi connectivity index (χ4n) is 2.52. The summed E-state index contributed by atoms with van der Waals surface area (Å²) in [6.07, 6.45) is 2.01. The molecule has 0 saturated heterocycles. The average Bonchev–Trinajstić information content (AvgIpc) is 2.74. The Morgan fingerprint density at radius 2 is 2.16 bits per heavy atom. The van der Waals surface area contributed by atoms with Gasteiger partial charge in [0.25, 0.3) is 5.91 Å². The number of carbonyl (C=O) groups excluding carboxylic acids is 2. The molecule has 5 heteroatoms. The predicted molar refractivity (Wildman–Crippen MR) is 69.4 cm³/mol. The Morgan fingerprint density at radius 3 is 2.74 bits per heavy atom. The molecule has 1 aliphatic carbocycles. The zero-order valence-corrected chi connectivity index (χ0v) is 11.4. The van der Waals surface area contributed by atoms with Gasteiger partial charge in [-0.05, 0) is 20.3 Å². The van der Waals surface area contributed by atoms with E-state index in [2.05, 4.69) is 0 Å². The van der Waals surface area contributed by atoms with E-state index in [9.17, 15) is 9.59 Å². The lowest BCUT2D eigenvalue weighted by atomic mass is 9.94. The minimum atomic E-state index is -0.253. The topological polar surface area (TPSA) is 70.8 Å². The number of carbonyl (C=O) groups is 2. The molecular weight excluding hydrogens is 246 g/mol. The standard InChI is InChI=1S/C14H19NO4/c1-3-15(7-8-16)14(18)13-9(2)12-10(17)5-4-6-11(12)19-13/h16H,3-8H2,1-2H3. The molecule has 0 atom stereocenters. The first kappa shape index (κ1) is 13.8. The average molecular weight is 265 g/mol. The van der Waals surface area contributed by atoms with Gasteiger partial charge in [0.2, 0.25) is 0 Å². The normalized spacial score (nSPS) is 14.4. The second-order valence-corrected chi connectivity index (χ2v) is 4.74. The quantitative estimate of drug-likeness (QED) is 0.897. The number of fused-ring (bicyclic) bond motifs is 1. The lowest BCUT2D eigenvalue weighted by Crippen LogP contribution is -2.33. The first-order valence-electron chi connectivity index (χ1n) is 6.65. The number of hydrogen-bond donors (Lipinski definition) is 1. The summed E-state index contributed by atoms with van der Waals surface area (Å²) < 4.78 is 5.60. The maximum absolute atomic E-state index is 12.3. The molecule has 1 N–H and O–H groups in total. The number of aliphatic hydroxyl groups is 1. The zero-order valence-electron chi connectivity index (χ0n) is 11.4. The summed E-state index contributed by atoms with van der Waals surface area (Å²) in [5.41, 5.74) is 1.23. The van der Waals surface area contributed by atoms with E-state index in [1.807, 2.05) is 6.92 Å². The molecule has 2 rings (SSSR count). The Morgan fingerprint density at radius 1 is 1.42 bits per heavy atom. The van der Waals surface area contributed by atoms with Crippen molar-refractivity contribution in [3.05, 3.63) is 22.6 Å². The van der Waals surface area contributed by atoms with Gasteiger partial charge in [-0.2, -0.15) is 0 Å². The Labute approximate surface area is 112 Å². The van der Waals surface area contributed by atoms with Gasteiger partial charge < -0.3 is 14.4 Å². The maximum atomic E-state index is 12.3. The van der Waals surface area contributed by atoms with Crippen molar-refractivity contribution in [3.8, 4) is 0 Å². The summed E-state index contributed by atoms with van der Waals surface area (Å²) in [6.45, 7) is 4.28. The van der Waals surface area contributed by atoms with Crippen molar-refractivity contribution in [3.63, 3.8) is 0 Å². The molecule has 0 saturated carbocycles. The predicted octanol–water partition coefficient (Wildman–Crippen LogP) is 1.56. The molecular formula is C14H19NO4. The number of amides is 1. The van der Waals surface area contributed by atoms with E-state index in [-0.39, 0.29) is 30.6 Å². The van der Waals surface area contributed by atoms with Crippen molar-refractivity contribution < 1.29 is 19.1 Å². The fourth-order valence-corrected chi connectivity index (χ4v) is 2.52. The van der Waals surface area contributed by atoms with Crippen LogP contribution in [0.1, 0.15) is 52.0 Å². The minimum Gasteiger partial charge on any atom is -0.455 e. The van der Waals surface area contributed by atoms with Gasteiger partial charge in [-0.25, -0.2) is 0 Å². The number of rotatable bonds is 4. The Kier molecular flexibility index (Phi) is 4.04. The molecule has 0 fully saturated rings. The lowest BCUT2D eigenvalue weighted by molar-refractivity contribution is 0.0697. The number of ketones is 1. The van der Waals surface area contributed by atoms with Gasteiger partial charge in [0, 0.05) is 31.5 Å². The molecule has 1 aromatic heterocycles. The van der Waals surface area contributed by atoms with Gasteiger partial charge in [-0.15, -0.1) is 0 Å². The van der Waals surface area contributed by atoms with Crippen molar-refractivity contribution in [1.82, 2.24) is 4.90 Å². The van der Waals surface area contributed by atoms with E-state index in [4.69, 9.17) is 9.52 Å². The molecule has 104 valence electrons. The van der Waals surface area contributed by atoms with Crippen molar-refractivity contribution in [2.24, 2.45) is 0 Å². The van der Waals surface area contributed by atoms with Crippen LogP contribution in [0.5, 0.6) is 0 Å². The third-order valence-corrected chi connectivity index (χ3v) is 3.54. The third kappa shape index (κ3) is 2.42. The highest BCUT2D eigenvalue weighted by Gasteiger charge is 2.30. The molecule has 0 radical (unpaired) electrons. The SMILES string of the molecule is CCN(CCO)C(=O)c1oc2c(c1C)C(=O)CCC2. The van der Waals surface area contributed by atoms with Crippen molar-refractivity contribution >= 4 is 11.7 Å². The van der Waals surface area contributed by atoms with Crippen LogP contribution in [0.15, 0.2) is 4.42 Å². The molecule has 1 aliphatic rings. The molecule has 0 bridgehead atoms. The lowest BCUT2D eigenvalue weighted by Gasteiger charge is -2.18. The first-order valence-corrected chi connectivity index (χ1v) is 6.65. The van der Waals surface area contributed by atoms with E-state index in [0.29, 0.717) is 36.3 Å². The second-order valence-electron chi connectivity index (χ2n) is 4.74. The summed E-state index contributed by atoms with van der Waals surface area (Å²) in [6, 6.07) is 0. The third-order valence-electron chi connectivity index (χ3n) is 3.54. The summed E-state index contributed by atoms with van der Waals surface area (Å²) in [4.78, 5) is 25.7. The summed E-state index contributed by atoms with van der Waals surface area (Å²) in [7, 11) is 0. The van der Waals surface area contributed by atoms with Gasteiger partial charge in [0.1, 0.15) is 5.76 Å². The van der Waals surface area contributed by atoms with Crippen LogP contribution in [-0.2, 0) is 6.42 Å². The van der Waals surface area contributed by atoms with E-state index in [1.54, 1.807) is 6.92 Å². The number of hydrogen-bond acceptors (Lipinski definition) is 4. The van der Waals surface area contributed by atoms with E-state index in [0.717, 1.165) is 6.42 Å². The summed E-state index contributed by atoms with van der Waals surface area (Å²) in [5.74, 6) is 0.690. The van der Waals surface area contributed by atoms with Crippen LogP contribution in [0.3, 0.4) is 0 Å². The first-order chi connectivity index (χ1) is 9.10. The van der Waals surface area contributed by atoms with Crippen LogP contribution in [-0.4, -0.2) is 41.4 Å². The highest BCUT2D eigenvalue weighted by atomic mass is 16.4. The zero-order chi connectivity index (χ0) is 14.0. The molecule has 0 aromatic carbocycles. The smallest absolute Gasteiger partial charge is 0.289 e. The maximum Gasteiger partial charge on any atom is 0.289 e. The van der Waals surface area contributed by atoms with Crippen molar-refractivity contribution in [2.45, 2.75) is 33.1 Å². The van der Waals surface area contributed by atoms with Crippen LogP contribution < -0.4 is 0 Å². The number of aliphatic hydroxyl groups excluding tert-OH is 1. The summed E-state index contributed by atoms with van der Waals surface area (Å²) >= 11 is 0.